The van der Waals surface area contributed by atoms with Crippen LogP contribution in [0, 0.1) is 0 Å². The van der Waals surface area contributed by atoms with Crippen molar-refractivity contribution >= 4 is 34.7 Å². The highest BCUT2D eigenvalue weighted by Crippen LogP contribution is 2.28. The standard InChI is InChI=1S/C16H14F2N4O2S2/c1-9(26-16-20-13(21-22-16)12-7-4-8-25-12)14(23)19-10-5-2-3-6-11(10)24-15(17)18/h2-9,15H,1H3,(H,19,23)(H,20,21,22)/t9-/m1/s1. The quantitative estimate of drug-likeness (QED) is 0.584. The van der Waals surface area contributed by atoms with E-state index in [1.165, 1.54) is 23.5 Å². The third-order valence-electron chi connectivity index (χ3n) is 3.23. The Hall–Kier alpha value is -2.46. The molecule has 0 saturated carbocycles. The van der Waals surface area contributed by atoms with Crippen LogP contribution >= 0.6 is 23.1 Å². The molecule has 1 amide bonds. The molecule has 1 atom stereocenters. The topological polar surface area (TPSA) is 79.9 Å². The Morgan fingerprint density at radius 1 is 1.31 bits per heavy atom. The van der Waals surface area contributed by atoms with Crippen LogP contribution in [-0.2, 0) is 4.79 Å². The van der Waals surface area contributed by atoms with Gasteiger partial charge in [0, 0.05) is 0 Å². The van der Waals surface area contributed by atoms with E-state index in [2.05, 4.69) is 25.2 Å². The number of hydrogen-bond acceptors (Lipinski definition) is 6. The van der Waals surface area contributed by atoms with Crippen molar-refractivity contribution in [2.45, 2.75) is 23.9 Å². The van der Waals surface area contributed by atoms with Gasteiger partial charge in [0.2, 0.25) is 11.1 Å². The number of halogens is 2. The summed E-state index contributed by atoms with van der Waals surface area (Å²) in [5.74, 6) is 0.166. The van der Waals surface area contributed by atoms with Gasteiger partial charge in [-0.2, -0.15) is 8.78 Å². The van der Waals surface area contributed by atoms with E-state index >= 15 is 0 Å². The third kappa shape index (κ3) is 4.58. The molecule has 2 N–H and O–H groups in total. The molecule has 6 nitrogen and oxygen atoms in total. The van der Waals surface area contributed by atoms with Crippen LogP contribution in [0.4, 0.5) is 14.5 Å². The molecule has 1 aromatic carbocycles. The normalized spacial score (nSPS) is 12.2. The average molecular weight is 396 g/mol. The number of para-hydroxylation sites is 2. The van der Waals surface area contributed by atoms with Crippen LogP contribution in [0.3, 0.4) is 0 Å². The van der Waals surface area contributed by atoms with Crippen molar-refractivity contribution in [2.24, 2.45) is 0 Å². The Bertz CT molecular complexity index is 871. The Balaban J connectivity index is 1.64. The molecule has 0 aliphatic carbocycles. The van der Waals surface area contributed by atoms with E-state index in [0.29, 0.717) is 11.0 Å². The van der Waals surface area contributed by atoms with E-state index in [1.54, 1.807) is 19.1 Å². The summed E-state index contributed by atoms with van der Waals surface area (Å²) in [6.07, 6.45) is 0. The Labute approximate surface area is 156 Å². The molecule has 0 spiro atoms. The number of carbonyl (C=O) groups excluding carboxylic acids is 1. The number of ether oxygens (including phenoxy) is 1. The molecule has 0 saturated heterocycles. The fourth-order valence-electron chi connectivity index (χ4n) is 2.04. The SMILES string of the molecule is C[C@@H](Sc1n[nH]c(-c2cccs2)n1)C(=O)Nc1ccccc1OC(F)F. The average Bonchev–Trinajstić information content (AvgIpc) is 3.27. The van der Waals surface area contributed by atoms with Crippen molar-refractivity contribution in [3.05, 3.63) is 41.8 Å². The second kappa shape index (κ2) is 8.28. The number of nitrogens with zero attached hydrogens (tertiary/aromatic N) is 2. The van der Waals surface area contributed by atoms with Crippen molar-refractivity contribution in [1.29, 1.82) is 0 Å². The van der Waals surface area contributed by atoms with Gasteiger partial charge in [-0.3, -0.25) is 9.89 Å². The number of alkyl halides is 2. The van der Waals surface area contributed by atoms with E-state index < -0.39 is 11.9 Å². The molecule has 0 bridgehead atoms. The van der Waals surface area contributed by atoms with Crippen LogP contribution in [0.5, 0.6) is 5.75 Å². The number of aromatic nitrogens is 3. The molecule has 0 aliphatic heterocycles. The molecule has 3 rings (SSSR count). The molecule has 0 aliphatic rings. The lowest BCUT2D eigenvalue weighted by Crippen LogP contribution is -2.23. The largest absolute Gasteiger partial charge is 0.433 e. The molecule has 2 heterocycles. The highest BCUT2D eigenvalue weighted by molar-refractivity contribution is 8.00. The highest BCUT2D eigenvalue weighted by atomic mass is 32.2. The minimum absolute atomic E-state index is 0.0917. The van der Waals surface area contributed by atoms with E-state index in [-0.39, 0.29) is 17.3 Å². The molecule has 10 heteroatoms. The summed E-state index contributed by atoms with van der Waals surface area (Å²) >= 11 is 2.68. The number of amides is 1. The van der Waals surface area contributed by atoms with Gasteiger partial charge >= 0.3 is 6.61 Å². The number of aromatic amines is 1. The van der Waals surface area contributed by atoms with Crippen LogP contribution in [-0.4, -0.2) is 32.9 Å². The van der Waals surface area contributed by atoms with Gasteiger partial charge in [-0.15, -0.1) is 16.4 Å². The smallest absolute Gasteiger partial charge is 0.387 e. The molecule has 2 aromatic heterocycles. The van der Waals surface area contributed by atoms with E-state index in [9.17, 15) is 13.6 Å². The first-order valence-corrected chi connectivity index (χ1v) is 9.26. The minimum Gasteiger partial charge on any atom is -0.433 e. The monoisotopic (exact) mass is 396 g/mol. The summed E-state index contributed by atoms with van der Waals surface area (Å²) in [6, 6.07) is 9.84. The zero-order valence-corrected chi connectivity index (χ0v) is 15.1. The fourth-order valence-corrected chi connectivity index (χ4v) is 3.43. The molecular formula is C16H14F2N4O2S2. The van der Waals surface area contributed by atoms with E-state index in [0.717, 1.165) is 16.6 Å². The predicted molar refractivity (Wildman–Crippen MR) is 96.7 cm³/mol. The molecule has 0 fully saturated rings. The molecule has 26 heavy (non-hydrogen) atoms. The number of thioether (sulfide) groups is 1. The van der Waals surface area contributed by atoms with Crippen LogP contribution in [0.15, 0.2) is 46.9 Å². The van der Waals surface area contributed by atoms with E-state index in [4.69, 9.17) is 0 Å². The lowest BCUT2D eigenvalue weighted by atomic mass is 10.3. The van der Waals surface area contributed by atoms with Gasteiger partial charge in [0.05, 0.1) is 15.8 Å². The molecular weight excluding hydrogens is 382 g/mol. The predicted octanol–water partition coefficient (Wildman–Crippen LogP) is 4.25. The first-order chi connectivity index (χ1) is 12.5. The van der Waals surface area contributed by atoms with Gasteiger partial charge in [-0.25, -0.2) is 4.98 Å². The van der Waals surface area contributed by atoms with Crippen LogP contribution in [0.1, 0.15) is 6.92 Å². The number of carbonyl (C=O) groups is 1. The number of hydrogen-bond donors (Lipinski definition) is 2. The first-order valence-electron chi connectivity index (χ1n) is 7.50. The van der Waals surface area contributed by atoms with Crippen molar-refractivity contribution in [3.63, 3.8) is 0 Å². The molecule has 0 radical (unpaired) electrons. The maximum atomic E-state index is 12.4. The van der Waals surface area contributed by atoms with Crippen molar-refractivity contribution in [1.82, 2.24) is 15.2 Å². The van der Waals surface area contributed by atoms with Crippen LogP contribution in [0.2, 0.25) is 0 Å². The number of rotatable bonds is 7. The number of H-pyrrole nitrogens is 1. The number of nitrogens with one attached hydrogen (secondary N) is 2. The van der Waals surface area contributed by atoms with Crippen molar-refractivity contribution in [2.75, 3.05) is 5.32 Å². The lowest BCUT2D eigenvalue weighted by molar-refractivity contribution is -0.115. The van der Waals surface area contributed by atoms with Crippen LogP contribution in [0.25, 0.3) is 10.7 Å². The van der Waals surface area contributed by atoms with Gasteiger partial charge in [0.1, 0.15) is 5.75 Å². The highest BCUT2D eigenvalue weighted by Gasteiger charge is 2.19. The summed E-state index contributed by atoms with van der Waals surface area (Å²) in [6.45, 7) is -1.29. The number of thiophene rings is 1. The Morgan fingerprint density at radius 3 is 2.85 bits per heavy atom. The summed E-state index contributed by atoms with van der Waals surface area (Å²) in [5, 5.41) is 11.3. The molecule has 136 valence electrons. The molecule has 0 unspecified atom stereocenters. The minimum atomic E-state index is -2.97. The maximum Gasteiger partial charge on any atom is 0.387 e. The van der Waals surface area contributed by atoms with Gasteiger partial charge < -0.3 is 10.1 Å². The van der Waals surface area contributed by atoms with Gasteiger partial charge in [-0.05, 0) is 30.5 Å². The summed E-state index contributed by atoms with van der Waals surface area (Å²) < 4.78 is 29.3. The van der Waals surface area contributed by atoms with Gasteiger partial charge in [0.25, 0.3) is 0 Å². The van der Waals surface area contributed by atoms with E-state index in [1.807, 2.05) is 17.5 Å². The zero-order valence-electron chi connectivity index (χ0n) is 13.5. The van der Waals surface area contributed by atoms with Gasteiger partial charge in [0.15, 0.2) is 5.82 Å². The van der Waals surface area contributed by atoms with Crippen molar-refractivity contribution < 1.29 is 18.3 Å². The second-order valence-electron chi connectivity index (χ2n) is 5.07. The maximum absolute atomic E-state index is 12.4. The molecule has 3 aromatic rings. The Kier molecular flexibility index (Phi) is 5.84. The summed E-state index contributed by atoms with van der Waals surface area (Å²) in [4.78, 5) is 17.6. The number of anilines is 1. The second-order valence-corrected chi connectivity index (χ2v) is 7.32. The van der Waals surface area contributed by atoms with Crippen molar-refractivity contribution in [3.8, 4) is 16.5 Å². The fraction of sp³-hybridized carbons (Fsp3) is 0.188. The Morgan fingerprint density at radius 2 is 2.12 bits per heavy atom. The van der Waals surface area contributed by atoms with Crippen LogP contribution < -0.4 is 10.1 Å². The summed E-state index contributed by atoms with van der Waals surface area (Å²) in [5.41, 5.74) is 0.180. The first kappa shape index (κ1) is 18.3. The lowest BCUT2D eigenvalue weighted by Gasteiger charge is -2.14. The zero-order chi connectivity index (χ0) is 18.5. The summed E-state index contributed by atoms with van der Waals surface area (Å²) in [7, 11) is 0. The number of benzene rings is 1. The third-order valence-corrected chi connectivity index (χ3v) is 5.07. The van der Waals surface area contributed by atoms with Gasteiger partial charge in [-0.1, -0.05) is 30.0 Å².